The number of aliphatic hydroxyl groups is 2. The second-order valence-electron chi connectivity index (χ2n) is 4.25. The molecule has 1 saturated heterocycles. The molecule has 0 saturated carbocycles. The Bertz CT molecular complexity index is 392. The molecule has 1 aromatic rings. The summed E-state index contributed by atoms with van der Waals surface area (Å²) < 4.78 is 15.7. The molecule has 1 fully saturated rings. The van der Waals surface area contributed by atoms with E-state index in [0.717, 1.165) is 0 Å². The van der Waals surface area contributed by atoms with E-state index in [1.165, 1.54) is 6.92 Å². The first kappa shape index (κ1) is 13.6. The van der Waals surface area contributed by atoms with Crippen LogP contribution in [0.5, 0.6) is 5.75 Å². The molecule has 1 aliphatic heterocycles. The molecule has 2 rings (SSSR count). The van der Waals surface area contributed by atoms with Gasteiger partial charge in [-0.2, -0.15) is 0 Å². The van der Waals surface area contributed by atoms with Crippen LogP contribution in [0.4, 0.5) is 0 Å². The summed E-state index contributed by atoms with van der Waals surface area (Å²) in [6.07, 6.45) is -1.79. The van der Waals surface area contributed by atoms with Crippen LogP contribution >= 0.6 is 11.6 Å². The van der Waals surface area contributed by atoms with Gasteiger partial charge in [0.05, 0.1) is 6.61 Å². The van der Waals surface area contributed by atoms with Gasteiger partial charge in [0.15, 0.2) is 0 Å². The summed E-state index contributed by atoms with van der Waals surface area (Å²) in [5, 5.41) is 19.6. The summed E-state index contributed by atoms with van der Waals surface area (Å²) in [6, 6.07) is 6.90. The average Bonchev–Trinajstić information content (AvgIpc) is 2.32. The lowest BCUT2D eigenvalue weighted by atomic mass is 10.2. The highest BCUT2D eigenvalue weighted by Crippen LogP contribution is 2.22. The Morgan fingerprint density at radius 3 is 2.72 bits per heavy atom. The van der Waals surface area contributed by atoms with Crippen LogP contribution in [0.15, 0.2) is 24.3 Å². The lowest BCUT2D eigenvalue weighted by Crippen LogP contribution is -2.53. The van der Waals surface area contributed by atoms with E-state index >= 15 is 0 Å². The van der Waals surface area contributed by atoms with Crippen molar-refractivity contribution in [1.29, 1.82) is 0 Å². The quantitative estimate of drug-likeness (QED) is 0.866. The van der Waals surface area contributed by atoms with Gasteiger partial charge in [-0.05, 0) is 31.2 Å². The molecule has 100 valence electrons. The van der Waals surface area contributed by atoms with Crippen LogP contribution < -0.4 is 4.74 Å². The van der Waals surface area contributed by atoms with E-state index in [1.807, 2.05) is 0 Å². The Hall–Kier alpha value is -0.850. The number of halogens is 1. The Kier molecular flexibility index (Phi) is 4.09. The zero-order chi connectivity index (χ0) is 13.2. The molecule has 18 heavy (non-hydrogen) atoms. The van der Waals surface area contributed by atoms with E-state index in [4.69, 9.17) is 25.8 Å². The van der Waals surface area contributed by atoms with Gasteiger partial charge in [0.2, 0.25) is 12.1 Å². The zero-order valence-electron chi connectivity index (χ0n) is 9.88. The van der Waals surface area contributed by atoms with Crippen molar-refractivity contribution in [3.8, 4) is 5.75 Å². The van der Waals surface area contributed by atoms with Gasteiger partial charge in [-0.1, -0.05) is 11.6 Å². The number of hydrogen-bond donors (Lipinski definition) is 2. The minimum atomic E-state index is -1.72. The summed E-state index contributed by atoms with van der Waals surface area (Å²) in [5.41, 5.74) is 0. The van der Waals surface area contributed by atoms with Gasteiger partial charge in [0.1, 0.15) is 18.5 Å². The standard InChI is InChI=1S/C12H15ClO5/c1-12(15)11(14)17-7-10(18-12)6-16-9-4-2-8(13)3-5-9/h2-5,10-11,14-15H,6-7H2,1H3/t10-,11-,12+/m0/s1. The van der Waals surface area contributed by atoms with Crippen LogP contribution in [0.2, 0.25) is 5.02 Å². The third kappa shape index (κ3) is 3.34. The van der Waals surface area contributed by atoms with E-state index in [2.05, 4.69) is 0 Å². The van der Waals surface area contributed by atoms with Gasteiger partial charge >= 0.3 is 0 Å². The number of aliphatic hydroxyl groups excluding tert-OH is 1. The highest BCUT2D eigenvalue weighted by Gasteiger charge is 2.40. The number of hydrogen-bond acceptors (Lipinski definition) is 5. The van der Waals surface area contributed by atoms with E-state index in [-0.39, 0.29) is 13.2 Å². The predicted octanol–water partition coefficient (Wildman–Crippen LogP) is 1.16. The van der Waals surface area contributed by atoms with Gasteiger partial charge in [-0.3, -0.25) is 0 Å². The number of ether oxygens (including phenoxy) is 3. The summed E-state index contributed by atoms with van der Waals surface area (Å²) in [6.45, 7) is 1.71. The normalized spacial score (nSPS) is 32.2. The fourth-order valence-corrected chi connectivity index (χ4v) is 1.71. The van der Waals surface area contributed by atoms with Gasteiger partial charge in [0, 0.05) is 5.02 Å². The molecule has 1 aliphatic rings. The highest BCUT2D eigenvalue weighted by molar-refractivity contribution is 6.30. The van der Waals surface area contributed by atoms with Gasteiger partial charge in [-0.25, -0.2) is 0 Å². The third-order valence-corrected chi connectivity index (χ3v) is 2.80. The molecule has 0 bridgehead atoms. The van der Waals surface area contributed by atoms with Crippen molar-refractivity contribution in [3.05, 3.63) is 29.3 Å². The molecule has 0 aliphatic carbocycles. The van der Waals surface area contributed by atoms with Crippen molar-refractivity contribution in [2.45, 2.75) is 25.1 Å². The van der Waals surface area contributed by atoms with Crippen LogP contribution in [-0.2, 0) is 9.47 Å². The molecule has 5 nitrogen and oxygen atoms in total. The second kappa shape index (κ2) is 5.42. The van der Waals surface area contributed by atoms with Crippen molar-refractivity contribution in [3.63, 3.8) is 0 Å². The van der Waals surface area contributed by atoms with Gasteiger partial charge < -0.3 is 24.4 Å². The Morgan fingerprint density at radius 1 is 1.44 bits per heavy atom. The minimum Gasteiger partial charge on any atom is -0.491 e. The zero-order valence-corrected chi connectivity index (χ0v) is 10.6. The fourth-order valence-electron chi connectivity index (χ4n) is 1.58. The lowest BCUT2D eigenvalue weighted by molar-refractivity contribution is -0.372. The van der Waals surface area contributed by atoms with E-state index < -0.39 is 18.2 Å². The third-order valence-electron chi connectivity index (χ3n) is 2.55. The Labute approximate surface area is 110 Å². The molecule has 0 amide bonds. The van der Waals surface area contributed by atoms with E-state index in [0.29, 0.717) is 10.8 Å². The van der Waals surface area contributed by atoms with Crippen LogP contribution in [0.3, 0.4) is 0 Å². The van der Waals surface area contributed by atoms with Crippen molar-refractivity contribution in [2.75, 3.05) is 13.2 Å². The van der Waals surface area contributed by atoms with Crippen LogP contribution in [-0.4, -0.2) is 41.6 Å². The monoisotopic (exact) mass is 274 g/mol. The molecule has 0 unspecified atom stereocenters. The molecule has 6 heteroatoms. The maximum atomic E-state index is 9.68. The van der Waals surface area contributed by atoms with E-state index in [1.54, 1.807) is 24.3 Å². The molecule has 0 aromatic heterocycles. The van der Waals surface area contributed by atoms with Crippen molar-refractivity contribution in [2.24, 2.45) is 0 Å². The molecule has 3 atom stereocenters. The van der Waals surface area contributed by atoms with Crippen LogP contribution in [0.1, 0.15) is 6.92 Å². The summed E-state index contributed by atoms with van der Waals surface area (Å²) in [7, 11) is 0. The molecule has 0 spiro atoms. The van der Waals surface area contributed by atoms with Crippen LogP contribution in [0, 0.1) is 0 Å². The smallest absolute Gasteiger partial charge is 0.215 e. The van der Waals surface area contributed by atoms with Crippen molar-refractivity contribution in [1.82, 2.24) is 0 Å². The first-order valence-corrected chi connectivity index (χ1v) is 5.93. The highest BCUT2D eigenvalue weighted by atomic mass is 35.5. The Morgan fingerprint density at radius 2 is 2.11 bits per heavy atom. The summed E-state index contributed by atoms with van der Waals surface area (Å²) in [4.78, 5) is 0. The first-order valence-electron chi connectivity index (χ1n) is 5.55. The maximum Gasteiger partial charge on any atom is 0.215 e. The molecule has 1 heterocycles. The molecular formula is C12H15ClO5. The number of rotatable bonds is 3. The van der Waals surface area contributed by atoms with Crippen molar-refractivity contribution < 1.29 is 24.4 Å². The lowest BCUT2D eigenvalue weighted by Gasteiger charge is -2.37. The van der Waals surface area contributed by atoms with Gasteiger partial charge in [0.25, 0.3) is 0 Å². The topological polar surface area (TPSA) is 68.2 Å². The Balaban J connectivity index is 1.86. The van der Waals surface area contributed by atoms with Crippen molar-refractivity contribution >= 4 is 11.6 Å². The molecular weight excluding hydrogens is 260 g/mol. The second-order valence-corrected chi connectivity index (χ2v) is 4.68. The largest absolute Gasteiger partial charge is 0.491 e. The molecule has 1 aromatic carbocycles. The predicted molar refractivity (Wildman–Crippen MR) is 64.4 cm³/mol. The molecule has 2 N–H and O–H groups in total. The fraction of sp³-hybridized carbons (Fsp3) is 0.500. The molecule has 0 radical (unpaired) electrons. The van der Waals surface area contributed by atoms with Crippen LogP contribution in [0.25, 0.3) is 0 Å². The first-order chi connectivity index (χ1) is 8.47. The average molecular weight is 275 g/mol. The number of benzene rings is 1. The van der Waals surface area contributed by atoms with Gasteiger partial charge in [-0.15, -0.1) is 0 Å². The SMILES string of the molecule is C[C@@]1(O)O[C@@H](COc2ccc(Cl)cc2)CO[C@@H]1O. The summed E-state index contributed by atoms with van der Waals surface area (Å²) >= 11 is 5.75. The minimum absolute atomic E-state index is 0.158. The summed E-state index contributed by atoms with van der Waals surface area (Å²) in [5.74, 6) is -1.07. The van der Waals surface area contributed by atoms with E-state index in [9.17, 15) is 10.2 Å². The maximum absolute atomic E-state index is 9.68.